The lowest BCUT2D eigenvalue weighted by Crippen LogP contribution is -2.63. The van der Waals surface area contributed by atoms with Crippen LogP contribution in [0.2, 0.25) is 5.02 Å². The zero-order chi connectivity index (χ0) is 43.4. The van der Waals surface area contributed by atoms with Crippen molar-refractivity contribution in [3.8, 4) is 5.75 Å². The van der Waals surface area contributed by atoms with Gasteiger partial charge in [-0.1, -0.05) is 48.7 Å². The maximum atomic E-state index is 14.2. The number of ether oxygens (including phenoxy) is 5. The van der Waals surface area contributed by atoms with E-state index in [0.29, 0.717) is 37.1 Å². The van der Waals surface area contributed by atoms with Crippen molar-refractivity contribution in [1.82, 2.24) is 15.1 Å². The minimum Gasteiger partial charge on any atom is -0.495 e. The van der Waals surface area contributed by atoms with Gasteiger partial charge in [0, 0.05) is 58.7 Å². The van der Waals surface area contributed by atoms with Crippen molar-refractivity contribution < 1.29 is 57.6 Å². The first-order chi connectivity index (χ1) is 27.8. The van der Waals surface area contributed by atoms with Crippen molar-refractivity contribution in [2.45, 2.75) is 114 Å². The third kappa shape index (κ3) is 10.2. The summed E-state index contributed by atoms with van der Waals surface area (Å²) >= 11 is 6.77. The average Bonchev–Trinajstić information content (AvgIpc) is 3.79. The Bertz CT molecular complexity index is 1900. The number of halogens is 1. The molecule has 1 aromatic carbocycles. The number of epoxide rings is 1. The second-order valence-corrected chi connectivity index (χ2v) is 16.3. The van der Waals surface area contributed by atoms with Crippen LogP contribution >= 0.6 is 11.6 Å². The van der Waals surface area contributed by atoms with Crippen LogP contribution < -0.4 is 15.0 Å². The van der Waals surface area contributed by atoms with Gasteiger partial charge in [0.1, 0.15) is 40.7 Å². The number of hydrogen-bond donors (Lipinski definition) is 2. The van der Waals surface area contributed by atoms with Gasteiger partial charge < -0.3 is 38.6 Å². The molecule has 16 nitrogen and oxygen atoms in total. The number of nitrogens with one attached hydrogen (secondary N) is 1. The van der Waals surface area contributed by atoms with Crippen molar-refractivity contribution in [3.63, 3.8) is 0 Å². The van der Waals surface area contributed by atoms with Gasteiger partial charge in [-0.25, -0.2) is 9.59 Å². The zero-order valence-electron chi connectivity index (χ0n) is 34.8. The Balaban J connectivity index is 1.39. The Morgan fingerprint density at radius 3 is 2.47 bits per heavy atom. The summed E-state index contributed by atoms with van der Waals surface area (Å²) in [4.78, 5) is 81.6. The van der Waals surface area contributed by atoms with Crippen LogP contribution in [0.1, 0.15) is 71.8 Å². The van der Waals surface area contributed by atoms with Crippen LogP contribution in [0.15, 0.2) is 48.1 Å². The van der Waals surface area contributed by atoms with Crippen molar-refractivity contribution in [2.24, 2.45) is 5.92 Å². The highest BCUT2D eigenvalue weighted by atomic mass is 35.5. The maximum Gasteiger partial charge on any atom is 0.409 e. The topological polar surface area (TPSA) is 194 Å². The Hall–Kier alpha value is -4.77. The number of methoxy groups -OCH3 is 2. The van der Waals surface area contributed by atoms with Gasteiger partial charge in [-0.2, -0.15) is 0 Å². The van der Waals surface area contributed by atoms with E-state index in [1.807, 2.05) is 13.0 Å². The number of unbranched alkanes of at least 4 members (excludes halogenated alkanes) is 2. The number of fused-ring (bicyclic) bond motifs is 5. The summed E-state index contributed by atoms with van der Waals surface area (Å²) < 4.78 is 29.3. The highest BCUT2D eigenvalue weighted by molar-refractivity contribution is 6.35. The summed E-state index contributed by atoms with van der Waals surface area (Å²) in [5, 5.41) is 14.5. The standard InChI is InChI=1S/C42H55ClN4O12/c1-24-13-12-14-31(56-8)42(54)23-30(57-40(53)44-42)25(2)38-41(4,59-38)32(22-36(51)46(6)28-20-27(19-24)21-29(55-7)37(28)43)58-39(52)26(3)45(5)33(48)15-10-9-11-18-47-34(49)16-17-35(47)50/h12-14,16-17,20-21,25-26,30-32,38,54H,9-11,15,18-19,22-23H2,1-8H3,(H,44,53)/b14-12+,24-13+/t25-,26+,30+,31-,32+,38?,41+,42+/m1/s1. The van der Waals surface area contributed by atoms with Crippen molar-refractivity contribution in [3.05, 3.63) is 58.7 Å². The molecule has 0 spiro atoms. The van der Waals surface area contributed by atoms with Crippen LogP contribution in [0, 0.1) is 5.92 Å². The van der Waals surface area contributed by atoms with Gasteiger partial charge in [-0.05, 0) is 57.7 Å². The number of aliphatic hydroxyl groups is 1. The van der Waals surface area contributed by atoms with Gasteiger partial charge in [0.05, 0.1) is 25.3 Å². The second kappa shape index (κ2) is 18.7. The Morgan fingerprint density at radius 1 is 1.12 bits per heavy atom. The molecule has 8 atom stereocenters. The van der Waals surface area contributed by atoms with Gasteiger partial charge in [0.15, 0.2) is 5.72 Å². The molecule has 4 heterocycles. The third-order valence-electron chi connectivity index (χ3n) is 11.7. The van der Waals surface area contributed by atoms with E-state index in [-0.39, 0.29) is 48.6 Å². The molecule has 0 aliphatic carbocycles. The van der Waals surface area contributed by atoms with Gasteiger partial charge in [-0.15, -0.1) is 0 Å². The van der Waals surface area contributed by atoms with Crippen LogP contribution in [-0.2, 0) is 49.3 Å². The average molecular weight is 843 g/mol. The molecule has 17 heteroatoms. The number of carbonyl (C=O) groups excluding carboxylic acids is 6. The largest absolute Gasteiger partial charge is 0.495 e. The molecule has 2 N–H and O–H groups in total. The molecule has 2 fully saturated rings. The summed E-state index contributed by atoms with van der Waals surface area (Å²) in [5.41, 5.74) is -1.05. The summed E-state index contributed by atoms with van der Waals surface area (Å²) in [6, 6.07) is 2.50. The Labute approximate surface area is 349 Å². The van der Waals surface area contributed by atoms with E-state index in [1.165, 1.54) is 50.1 Å². The number of carbonyl (C=O) groups is 6. The van der Waals surface area contributed by atoms with E-state index in [4.69, 9.17) is 35.3 Å². The number of likely N-dealkylation sites (N-methyl/N-ethyl adjacent to an activating group) is 1. The van der Waals surface area contributed by atoms with Gasteiger partial charge >= 0.3 is 12.1 Å². The van der Waals surface area contributed by atoms with Crippen LogP contribution in [-0.4, -0.2) is 127 Å². The molecular weight excluding hydrogens is 788 g/mol. The number of rotatable bonds is 11. The highest BCUT2D eigenvalue weighted by Crippen LogP contribution is 2.49. The first-order valence-corrected chi connectivity index (χ1v) is 20.1. The molecule has 4 bridgehead atoms. The number of alkyl carbamates (subject to hydrolysis) is 1. The van der Waals surface area contributed by atoms with Crippen LogP contribution in [0.5, 0.6) is 5.75 Å². The summed E-state index contributed by atoms with van der Waals surface area (Å²) in [5.74, 6) is -2.49. The van der Waals surface area contributed by atoms with Gasteiger partial charge in [0.2, 0.25) is 11.8 Å². The van der Waals surface area contributed by atoms with Crippen LogP contribution in [0.4, 0.5) is 10.5 Å². The number of amides is 5. The number of imide groups is 1. The van der Waals surface area contributed by atoms with E-state index < -0.39 is 65.7 Å². The molecule has 0 radical (unpaired) electrons. The SMILES string of the molecule is COc1cc2cc(c1Cl)N(C)C(=O)C[C@H](OC(=O)[C@H](C)N(C)C(=O)CCCCCN1C(=O)C=CC1=O)[C@]1(C)OC1[C@H](C)[C@@H]1C[C@@](O)(NC(=O)O1)[C@H](OC)/C=C/C=C(\C)C2. The van der Waals surface area contributed by atoms with Crippen molar-refractivity contribution >= 4 is 53.0 Å². The molecular formula is C42H55ClN4O12. The van der Waals surface area contributed by atoms with E-state index in [0.717, 1.165) is 16.0 Å². The number of allylic oxidation sites excluding steroid dienone is 3. The lowest BCUT2D eigenvalue weighted by molar-refractivity contribution is -0.162. The molecule has 5 rings (SSSR count). The molecule has 0 saturated carbocycles. The molecule has 5 amide bonds. The number of hydrogen-bond acceptors (Lipinski definition) is 12. The predicted molar refractivity (Wildman–Crippen MR) is 215 cm³/mol. The number of anilines is 1. The first-order valence-electron chi connectivity index (χ1n) is 19.7. The monoisotopic (exact) mass is 842 g/mol. The molecule has 4 aliphatic heterocycles. The van der Waals surface area contributed by atoms with Crippen molar-refractivity contribution in [1.29, 1.82) is 0 Å². The van der Waals surface area contributed by atoms with E-state index in [9.17, 15) is 33.9 Å². The fraction of sp³-hybridized carbons (Fsp3) is 0.571. The summed E-state index contributed by atoms with van der Waals surface area (Å²) in [7, 11) is 5.94. The fourth-order valence-corrected chi connectivity index (χ4v) is 8.08. The molecule has 0 aromatic heterocycles. The number of benzene rings is 1. The Morgan fingerprint density at radius 2 is 1.81 bits per heavy atom. The van der Waals surface area contributed by atoms with Crippen molar-refractivity contribution in [2.75, 3.05) is 39.8 Å². The minimum absolute atomic E-state index is 0.0761. The molecule has 59 heavy (non-hydrogen) atoms. The lowest BCUT2D eigenvalue weighted by atomic mass is 9.83. The molecule has 2 saturated heterocycles. The zero-order valence-corrected chi connectivity index (χ0v) is 35.6. The first kappa shape index (κ1) is 45.3. The number of nitrogens with zero attached hydrogens (tertiary/aromatic N) is 3. The quantitative estimate of drug-likeness (QED) is 0.141. The van der Waals surface area contributed by atoms with Crippen LogP contribution in [0.3, 0.4) is 0 Å². The fourth-order valence-electron chi connectivity index (χ4n) is 7.77. The normalized spacial score (nSPS) is 30.4. The summed E-state index contributed by atoms with van der Waals surface area (Å²) in [6.45, 7) is 7.16. The van der Waals surface area contributed by atoms with Gasteiger partial charge in [-0.3, -0.25) is 29.4 Å². The minimum atomic E-state index is -1.85. The van der Waals surface area contributed by atoms with Gasteiger partial charge in [0.25, 0.3) is 11.8 Å². The smallest absolute Gasteiger partial charge is 0.409 e. The predicted octanol–water partition coefficient (Wildman–Crippen LogP) is 4.00. The second-order valence-electron chi connectivity index (χ2n) is 15.9. The number of esters is 1. The summed E-state index contributed by atoms with van der Waals surface area (Å²) in [6.07, 6.45) is 4.78. The van der Waals surface area contributed by atoms with E-state index in [2.05, 4.69) is 5.32 Å². The van der Waals surface area contributed by atoms with E-state index >= 15 is 0 Å². The molecule has 4 aliphatic rings. The Kier molecular flexibility index (Phi) is 14.3. The van der Waals surface area contributed by atoms with Crippen LogP contribution in [0.25, 0.3) is 0 Å². The molecule has 322 valence electrons. The highest BCUT2D eigenvalue weighted by Gasteiger charge is 2.64. The molecule has 1 unspecified atom stereocenters. The third-order valence-corrected chi connectivity index (χ3v) is 12.1. The van der Waals surface area contributed by atoms with E-state index in [1.54, 1.807) is 45.2 Å². The molecule has 1 aromatic rings. The lowest BCUT2D eigenvalue weighted by Gasteiger charge is -2.42. The maximum absolute atomic E-state index is 14.2.